The van der Waals surface area contributed by atoms with Crippen molar-refractivity contribution in [3.8, 4) is 0 Å². The molecule has 0 aliphatic heterocycles. The molecule has 3 N–H and O–H groups in total. The maximum Gasteiger partial charge on any atom is 0.239 e. The van der Waals surface area contributed by atoms with Crippen molar-refractivity contribution in [2.24, 2.45) is 0 Å². The summed E-state index contributed by atoms with van der Waals surface area (Å²) in [4.78, 5) is 16.7. The number of carbonyl (C=O) groups excluding carboxylic acids is 1. The zero-order valence-electron chi connectivity index (χ0n) is 12.6. The van der Waals surface area contributed by atoms with Crippen LogP contribution in [0.15, 0.2) is 54.6 Å². The summed E-state index contributed by atoms with van der Waals surface area (Å²) >= 11 is 0. The van der Waals surface area contributed by atoms with Gasteiger partial charge in [-0.1, -0.05) is 55.5 Å². The monoisotopic (exact) mass is 328 g/mol. The molecular weight excluding hydrogens is 312 g/mol. The van der Waals surface area contributed by atoms with Crippen molar-refractivity contribution < 1.29 is 4.79 Å². The van der Waals surface area contributed by atoms with Crippen molar-refractivity contribution in [1.82, 2.24) is 15.2 Å². The number of nitrogens with one attached hydrogen (secondary N) is 1. The topological polar surface area (TPSA) is 84.7 Å². The summed E-state index contributed by atoms with van der Waals surface area (Å²) in [6, 6.07) is 16.8. The SMILES string of the molecule is CC(c1cccc(C(=O)c2ccccc2)c1)c1nc(N)n[nH]1.Cl. The van der Waals surface area contributed by atoms with Gasteiger partial charge in [-0.15, -0.1) is 17.5 Å². The fraction of sp³-hybridized carbons (Fsp3) is 0.118. The zero-order valence-corrected chi connectivity index (χ0v) is 13.4. The minimum Gasteiger partial charge on any atom is -0.367 e. The first-order valence-corrected chi connectivity index (χ1v) is 7.02. The van der Waals surface area contributed by atoms with E-state index >= 15 is 0 Å². The Morgan fingerprint density at radius 1 is 1.09 bits per heavy atom. The van der Waals surface area contributed by atoms with Crippen LogP contribution < -0.4 is 5.73 Å². The molecule has 0 saturated carbocycles. The van der Waals surface area contributed by atoms with Gasteiger partial charge in [0.2, 0.25) is 5.95 Å². The van der Waals surface area contributed by atoms with Crippen LogP contribution in [0.2, 0.25) is 0 Å². The van der Waals surface area contributed by atoms with Crippen LogP contribution in [0.4, 0.5) is 5.95 Å². The van der Waals surface area contributed by atoms with Crippen LogP contribution in [0.25, 0.3) is 0 Å². The summed E-state index contributed by atoms with van der Waals surface area (Å²) in [6.45, 7) is 1.99. The number of nitrogens with two attached hydrogens (primary N) is 1. The highest BCUT2D eigenvalue weighted by Gasteiger charge is 2.15. The average molecular weight is 329 g/mol. The molecule has 23 heavy (non-hydrogen) atoms. The lowest BCUT2D eigenvalue weighted by Gasteiger charge is -2.10. The lowest BCUT2D eigenvalue weighted by atomic mass is 9.95. The zero-order chi connectivity index (χ0) is 15.5. The van der Waals surface area contributed by atoms with E-state index in [0.29, 0.717) is 17.0 Å². The molecule has 6 heteroatoms. The van der Waals surface area contributed by atoms with Gasteiger partial charge in [0.05, 0.1) is 0 Å². The van der Waals surface area contributed by atoms with E-state index in [9.17, 15) is 4.79 Å². The first-order valence-electron chi connectivity index (χ1n) is 7.02. The highest BCUT2D eigenvalue weighted by molar-refractivity contribution is 6.09. The number of rotatable bonds is 4. The van der Waals surface area contributed by atoms with Gasteiger partial charge in [0.1, 0.15) is 5.82 Å². The van der Waals surface area contributed by atoms with Crippen molar-refractivity contribution >= 4 is 24.1 Å². The van der Waals surface area contributed by atoms with Crippen LogP contribution in [-0.2, 0) is 0 Å². The molecule has 5 nitrogen and oxygen atoms in total. The van der Waals surface area contributed by atoms with Crippen LogP contribution >= 0.6 is 12.4 Å². The third-order valence-corrected chi connectivity index (χ3v) is 3.61. The predicted molar refractivity (Wildman–Crippen MR) is 91.9 cm³/mol. The summed E-state index contributed by atoms with van der Waals surface area (Å²) < 4.78 is 0. The number of hydrogen-bond donors (Lipinski definition) is 2. The van der Waals surface area contributed by atoms with E-state index in [4.69, 9.17) is 5.73 Å². The smallest absolute Gasteiger partial charge is 0.239 e. The predicted octanol–water partition coefficient (Wildman–Crippen LogP) is 3.19. The van der Waals surface area contributed by atoms with Gasteiger partial charge in [0.25, 0.3) is 0 Å². The Kier molecular flexibility index (Phi) is 5.13. The molecule has 0 aliphatic rings. The molecule has 1 unspecified atom stereocenters. The Hall–Kier alpha value is -2.66. The number of aromatic nitrogens is 3. The summed E-state index contributed by atoms with van der Waals surface area (Å²) in [5.74, 6) is 0.889. The number of benzene rings is 2. The molecule has 0 spiro atoms. The summed E-state index contributed by atoms with van der Waals surface area (Å²) in [7, 11) is 0. The molecule has 0 saturated heterocycles. The molecule has 3 aromatic rings. The quantitative estimate of drug-likeness (QED) is 0.720. The number of nitrogen functional groups attached to an aromatic ring is 1. The molecule has 0 bridgehead atoms. The van der Waals surface area contributed by atoms with Crippen LogP contribution in [0.5, 0.6) is 0 Å². The molecule has 118 valence electrons. The number of halogens is 1. The van der Waals surface area contributed by atoms with Crippen molar-refractivity contribution in [3.05, 3.63) is 77.1 Å². The van der Waals surface area contributed by atoms with E-state index in [-0.39, 0.29) is 30.1 Å². The molecule has 1 atom stereocenters. The van der Waals surface area contributed by atoms with E-state index < -0.39 is 0 Å². The summed E-state index contributed by atoms with van der Waals surface area (Å²) in [5, 5.41) is 6.66. The lowest BCUT2D eigenvalue weighted by molar-refractivity contribution is 0.103. The largest absolute Gasteiger partial charge is 0.367 e. The Labute approximate surface area is 140 Å². The van der Waals surface area contributed by atoms with Gasteiger partial charge in [-0.3, -0.25) is 9.89 Å². The third-order valence-electron chi connectivity index (χ3n) is 3.61. The van der Waals surface area contributed by atoms with Crippen LogP contribution in [0.3, 0.4) is 0 Å². The van der Waals surface area contributed by atoms with E-state index in [0.717, 1.165) is 5.56 Å². The van der Waals surface area contributed by atoms with E-state index in [1.807, 2.05) is 61.5 Å². The maximum absolute atomic E-state index is 12.5. The number of anilines is 1. The van der Waals surface area contributed by atoms with Crippen LogP contribution in [0.1, 0.15) is 40.2 Å². The third kappa shape index (κ3) is 3.57. The maximum atomic E-state index is 12.5. The molecular formula is C17H17ClN4O. The highest BCUT2D eigenvalue weighted by atomic mass is 35.5. The fourth-order valence-electron chi connectivity index (χ4n) is 2.34. The highest BCUT2D eigenvalue weighted by Crippen LogP contribution is 2.23. The molecule has 3 rings (SSSR count). The lowest BCUT2D eigenvalue weighted by Crippen LogP contribution is -2.04. The van der Waals surface area contributed by atoms with Crippen molar-refractivity contribution in [2.45, 2.75) is 12.8 Å². The standard InChI is InChI=1S/C17H16N4O.ClH/c1-11(16-19-17(18)21-20-16)13-8-5-9-14(10-13)15(22)12-6-3-2-4-7-12;/h2-11H,1H3,(H3,18,19,20,21);1H. The Balaban J connectivity index is 0.00000192. The Morgan fingerprint density at radius 2 is 1.78 bits per heavy atom. The number of aromatic amines is 1. The fourth-order valence-corrected chi connectivity index (χ4v) is 2.34. The normalized spacial score (nSPS) is 11.5. The summed E-state index contributed by atoms with van der Waals surface area (Å²) in [5.41, 5.74) is 7.86. The Bertz CT molecular complexity index is 801. The molecule has 0 aliphatic carbocycles. The number of carbonyl (C=O) groups is 1. The minimum absolute atomic E-state index is 0. The van der Waals surface area contributed by atoms with Crippen molar-refractivity contribution in [3.63, 3.8) is 0 Å². The van der Waals surface area contributed by atoms with Crippen molar-refractivity contribution in [2.75, 3.05) is 5.73 Å². The summed E-state index contributed by atoms with van der Waals surface area (Å²) in [6.07, 6.45) is 0. The van der Waals surface area contributed by atoms with Gasteiger partial charge < -0.3 is 5.73 Å². The van der Waals surface area contributed by atoms with E-state index in [1.165, 1.54) is 0 Å². The van der Waals surface area contributed by atoms with Gasteiger partial charge in [0.15, 0.2) is 5.78 Å². The second kappa shape index (κ2) is 7.07. The number of ketones is 1. The molecule has 1 heterocycles. The van der Waals surface area contributed by atoms with E-state index in [2.05, 4.69) is 15.2 Å². The molecule has 0 fully saturated rings. The minimum atomic E-state index is -0.0201. The van der Waals surface area contributed by atoms with Gasteiger partial charge in [-0.2, -0.15) is 4.98 Å². The first kappa shape index (κ1) is 16.7. The number of hydrogen-bond acceptors (Lipinski definition) is 4. The number of H-pyrrole nitrogens is 1. The van der Waals surface area contributed by atoms with Gasteiger partial charge in [-0.25, -0.2) is 0 Å². The average Bonchev–Trinajstić information content (AvgIpc) is 3.01. The molecule has 2 aromatic carbocycles. The van der Waals surface area contributed by atoms with Crippen molar-refractivity contribution in [1.29, 1.82) is 0 Å². The van der Waals surface area contributed by atoms with Crippen LogP contribution in [0, 0.1) is 0 Å². The van der Waals surface area contributed by atoms with Crippen LogP contribution in [-0.4, -0.2) is 21.0 Å². The van der Waals surface area contributed by atoms with Gasteiger partial charge in [-0.05, 0) is 11.6 Å². The van der Waals surface area contributed by atoms with Gasteiger partial charge >= 0.3 is 0 Å². The Morgan fingerprint density at radius 3 is 2.43 bits per heavy atom. The van der Waals surface area contributed by atoms with E-state index in [1.54, 1.807) is 0 Å². The first-order chi connectivity index (χ1) is 10.6. The molecule has 0 radical (unpaired) electrons. The number of nitrogens with zero attached hydrogens (tertiary/aromatic N) is 2. The van der Waals surface area contributed by atoms with Gasteiger partial charge in [0, 0.05) is 17.0 Å². The molecule has 0 amide bonds. The second-order valence-corrected chi connectivity index (χ2v) is 5.12. The molecule has 1 aromatic heterocycles. The second-order valence-electron chi connectivity index (χ2n) is 5.12.